The molecular formula is C18H18Cl2N2O2. The second-order valence-corrected chi connectivity index (χ2v) is 6.15. The standard InChI is InChI=1S/C18H18Cl2N2O2/c1-13(23)22(11-15-7-3-5-9-17(15)20)12-18(24)21-10-14-6-2-4-8-16(14)19/h2-9H,10-12H2,1H3,(H,21,24). The van der Waals surface area contributed by atoms with Crippen molar-refractivity contribution in [3.63, 3.8) is 0 Å². The van der Waals surface area contributed by atoms with Crippen molar-refractivity contribution in [1.82, 2.24) is 10.2 Å². The molecule has 2 amide bonds. The van der Waals surface area contributed by atoms with E-state index in [2.05, 4.69) is 5.32 Å². The fourth-order valence-corrected chi connectivity index (χ4v) is 2.57. The third kappa shape index (κ3) is 5.25. The Kier molecular flexibility index (Phi) is 6.64. The normalized spacial score (nSPS) is 10.3. The van der Waals surface area contributed by atoms with Crippen molar-refractivity contribution in [2.75, 3.05) is 6.54 Å². The van der Waals surface area contributed by atoms with E-state index in [1.54, 1.807) is 12.1 Å². The molecule has 0 atom stereocenters. The summed E-state index contributed by atoms with van der Waals surface area (Å²) in [7, 11) is 0. The molecule has 0 radical (unpaired) electrons. The Bertz CT molecular complexity index is 734. The van der Waals surface area contributed by atoms with Crippen LogP contribution in [0.15, 0.2) is 48.5 Å². The highest BCUT2D eigenvalue weighted by molar-refractivity contribution is 6.31. The number of carbonyl (C=O) groups is 2. The molecule has 0 aliphatic rings. The highest BCUT2D eigenvalue weighted by atomic mass is 35.5. The summed E-state index contributed by atoms with van der Waals surface area (Å²) in [4.78, 5) is 25.4. The average Bonchev–Trinajstić information content (AvgIpc) is 2.55. The van der Waals surface area contributed by atoms with Crippen LogP contribution in [0.1, 0.15) is 18.1 Å². The molecular weight excluding hydrogens is 347 g/mol. The molecule has 0 aromatic heterocycles. The summed E-state index contributed by atoms with van der Waals surface area (Å²) in [5.74, 6) is -0.444. The van der Waals surface area contributed by atoms with Crippen molar-refractivity contribution in [2.45, 2.75) is 20.0 Å². The Balaban J connectivity index is 1.95. The minimum atomic E-state index is -0.253. The first-order chi connectivity index (χ1) is 11.5. The lowest BCUT2D eigenvalue weighted by molar-refractivity contribution is -0.135. The molecule has 4 nitrogen and oxygen atoms in total. The fraction of sp³-hybridized carbons (Fsp3) is 0.222. The van der Waals surface area contributed by atoms with E-state index in [1.165, 1.54) is 11.8 Å². The smallest absolute Gasteiger partial charge is 0.239 e. The monoisotopic (exact) mass is 364 g/mol. The van der Waals surface area contributed by atoms with E-state index in [1.807, 2.05) is 36.4 Å². The van der Waals surface area contributed by atoms with Crippen molar-refractivity contribution in [1.29, 1.82) is 0 Å². The van der Waals surface area contributed by atoms with Crippen molar-refractivity contribution in [2.24, 2.45) is 0 Å². The van der Waals surface area contributed by atoms with Gasteiger partial charge in [-0.2, -0.15) is 0 Å². The predicted octanol–water partition coefficient (Wildman–Crippen LogP) is 3.66. The van der Waals surface area contributed by atoms with Crippen molar-refractivity contribution in [3.05, 3.63) is 69.7 Å². The Labute approximate surface area is 151 Å². The summed E-state index contributed by atoms with van der Waals surface area (Å²) in [6.07, 6.45) is 0. The lowest BCUT2D eigenvalue weighted by Crippen LogP contribution is -2.39. The molecule has 0 saturated carbocycles. The number of amides is 2. The molecule has 1 N–H and O–H groups in total. The molecule has 2 aromatic rings. The van der Waals surface area contributed by atoms with Gasteiger partial charge in [-0.25, -0.2) is 0 Å². The number of halogens is 2. The minimum absolute atomic E-state index is 0.0367. The van der Waals surface area contributed by atoms with Crippen LogP contribution in [0.3, 0.4) is 0 Å². The molecule has 0 aliphatic heterocycles. The molecule has 6 heteroatoms. The van der Waals surface area contributed by atoms with Crippen LogP contribution in [0.2, 0.25) is 10.0 Å². The number of hydrogen-bond acceptors (Lipinski definition) is 2. The highest BCUT2D eigenvalue weighted by Crippen LogP contribution is 2.17. The van der Waals surface area contributed by atoms with Crippen molar-refractivity contribution in [3.8, 4) is 0 Å². The van der Waals surface area contributed by atoms with Gasteiger partial charge in [0.15, 0.2) is 0 Å². The maximum atomic E-state index is 12.1. The first-order valence-corrected chi connectivity index (χ1v) is 8.22. The molecule has 126 valence electrons. The first-order valence-electron chi connectivity index (χ1n) is 7.46. The number of rotatable bonds is 6. The van der Waals surface area contributed by atoms with Crippen LogP contribution in [0.25, 0.3) is 0 Å². The van der Waals surface area contributed by atoms with Gasteiger partial charge in [0, 0.05) is 30.1 Å². The Morgan fingerprint density at radius 1 is 0.958 bits per heavy atom. The second-order valence-electron chi connectivity index (χ2n) is 5.33. The van der Waals surface area contributed by atoms with Gasteiger partial charge in [0.25, 0.3) is 0 Å². The van der Waals surface area contributed by atoms with Crippen molar-refractivity contribution >= 4 is 35.0 Å². The molecule has 0 heterocycles. The number of nitrogens with one attached hydrogen (secondary N) is 1. The Hall–Kier alpha value is -2.04. The summed E-state index contributed by atoms with van der Waals surface area (Å²) in [5, 5.41) is 3.94. The summed E-state index contributed by atoms with van der Waals surface area (Å²) in [5.41, 5.74) is 1.63. The Morgan fingerprint density at radius 2 is 1.50 bits per heavy atom. The lowest BCUT2D eigenvalue weighted by atomic mass is 10.2. The zero-order valence-electron chi connectivity index (χ0n) is 13.3. The maximum absolute atomic E-state index is 12.1. The highest BCUT2D eigenvalue weighted by Gasteiger charge is 2.15. The van der Waals surface area contributed by atoms with Gasteiger partial charge in [0.05, 0.1) is 6.54 Å². The van der Waals surface area contributed by atoms with Crippen LogP contribution in [-0.4, -0.2) is 23.3 Å². The quantitative estimate of drug-likeness (QED) is 0.850. The third-order valence-electron chi connectivity index (χ3n) is 3.53. The van der Waals surface area contributed by atoms with Gasteiger partial charge in [-0.15, -0.1) is 0 Å². The van der Waals surface area contributed by atoms with E-state index in [-0.39, 0.29) is 24.9 Å². The van der Waals surface area contributed by atoms with Crippen LogP contribution < -0.4 is 5.32 Å². The summed E-state index contributed by atoms with van der Waals surface area (Å²) < 4.78 is 0. The second kappa shape index (κ2) is 8.71. The van der Waals surface area contributed by atoms with E-state index in [4.69, 9.17) is 23.2 Å². The summed E-state index contributed by atoms with van der Waals surface area (Å²) >= 11 is 12.2. The van der Waals surface area contributed by atoms with Gasteiger partial charge >= 0.3 is 0 Å². The van der Waals surface area contributed by atoms with Crippen LogP contribution in [0, 0.1) is 0 Å². The fourth-order valence-electron chi connectivity index (χ4n) is 2.18. The third-order valence-corrected chi connectivity index (χ3v) is 4.27. The molecule has 2 aromatic carbocycles. The zero-order valence-corrected chi connectivity index (χ0v) is 14.8. The van der Waals surface area contributed by atoms with Crippen molar-refractivity contribution < 1.29 is 9.59 Å². The summed E-state index contributed by atoms with van der Waals surface area (Å²) in [6.45, 7) is 1.99. The zero-order chi connectivity index (χ0) is 17.5. The topological polar surface area (TPSA) is 49.4 Å². The molecule has 0 fully saturated rings. The van der Waals surface area contributed by atoms with Crippen LogP contribution in [0.5, 0.6) is 0 Å². The molecule has 24 heavy (non-hydrogen) atoms. The SMILES string of the molecule is CC(=O)N(CC(=O)NCc1ccccc1Cl)Cc1ccccc1Cl. The largest absolute Gasteiger partial charge is 0.350 e. The van der Waals surface area contributed by atoms with Gasteiger partial charge in [0.1, 0.15) is 0 Å². The van der Waals surface area contributed by atoms with Gasteiger partial charge < -0.3 is 10.2 Å². The predicted molar refractivity (Wildman–Crippen MR) is 95.8 cm³/mol. The molecule has 0 unspecified atom stereocenters. The van der Waals surface area contributed by atoms with E-state index in [9.17, 15) is 9.59 Å². The van der Waals surface area contributed by atoms with E-state index in [0.29, 0.717) is 16.6 Å². The van der Waals surface area contributed by atoms with Crippen LogP contribution in [-0.2, 0) is 22.7 Å². The first kappa shape index (κ1) is 18.3. The lowest BCUT2D eigenvalue weighted by Gasteiger charge is -2.21. The van der Waals surface area contributed by atoms with E-state index >= 15 is 0 Å². The molecule has 0 spiro atoms. The van der Waals surface area contributed by atoms with Gasteiger partial charge in [0.2, 0.25) is 11.8 Å². The number of carbonyl (C=O) groups excluding carboxylic acids is 2. The molecule has 2 rings (SSSR count). The van der Waals surface area contributed by atoms with Gasteiger partial charge in [-0.05, 0) is 23.3 Å². The molecule has 0 saturated heterocycles. The van der Waals surface area contributed by atoms with Crippen LogP contribution >= 0.6 is 23.2 Å². The van der Waals surface area contributed by atoms with Gasteiger partial charge in [-0.1, -0.05) is 59.6 Å². The summed E-state index contributed by atoms with van der Waals surface area (Å²) in [6, 6.07) is 14.5. The number of hydrogen-bond donors (Lipinski definition) is 1. The molecule has 0 bridgehead atoms. The minimum Gasteiger partial charge on any atom is -0.350 e. The maximum Gasteiger partial charge on any atom is 0.239 e. The number of nitrogens with zero attached hydrogens (tertiary/aromatic N) is 1. The molecule has 0 aliphatic carbocycles. The van der Waals surface area contributed by atoms with E-state index < -0.39 is 0 Å². The average molecular weight is 365 g/mol. The van der Waals surface area contributed by atoms with Crippen LogP contribution in [0.4, 0.5) is 0 Å². The Morgan fingerprint density at radius 3 is 2.04 bits per heavy atom. The van der Waals surface area contributed by atoms with E-state index in [0.717, 1.165) is 11.1 Å². The van der Waals surface area contributed by atoms with Gasteiger partial charge in [-0.3, -0.25) is 9.59 Å². The number of benzene rings is 2.